The average Bonchev–Trinajstić information content (AvgIpc) is 3.77. The van der Waals surface area contributed by atoms with Gasteiger partial charge >= 0.3 is 0 Å². The molecule has 0 saturated carbocycles. The summed E-state index contributed by atoms with van der Waals surface area (Å²) in [5.41, 5.74) is 16.1. The summed E-state index contributed by atoms with van der Waals surface area (Å²) in [5.74, 6) is 1.83. The zero-order valence-electron chi connectivity index (χ0n) is 33.8. The van der Waals surface area contributed by atoms with Crippen LogP contribution in [0.4, 0.5) is 0 Å². The summed E-state index contributed by atoms with van der Waals surface area (Å²) in [6, 6.07) is 58.1. The predicted molar refractivity (Wildman–Crippen MR) is 247 cm³/mol. The maximum Gasteiger partial charge on any atom is 0.164 e. The topological polar surface area (TPSA) is 61.4 Å². The van der Waals surface area contributed by atoms with Crippen LogP contribution in [0.2, 0.25) is 0 Å². The summed E-state index contributed by atoms with van der Waals surface area (Å²) < 4.78 is 4.76. The molecule has 0 fully saturated rings. The molecular formula is C54H40N6. The molecule has 0 saturated heterocycles. The van der Waals surface area contributed by atoms with Crippen molar-refractivity contribution in [1.29, 1.82) is 0 Å². The Kier molecular flexibility index (Phi) is 8.27. The highest BCUT2D eigenvalue weighted by atomic mass is 15.0. The van der Waals surface area contributed by atoms with E-state index < -0.39 is 0 Å². The van der Waals surface area contributed by atoms with Crippen molar-refractivity contribution in [2.24, 2.45) is 0 Å². The number of pyridine rings is 1. The molecule has 6 heteroatoms. The summed E-state index contributed by atoms with van der Waals surface area (Å²) in [6.07, 6.45) is 1.93. The lowest BCUT2D eigenvalue weighted by atomic mass is 10.0. The van der Waals surface area contributed by atoms with Gasteiger partial charge in [-0.25, -0.2) is 15.0 Å². The van der Waals surface area contributed by atoms with Gasteiger partial charge in [0, 0.05) is 55.7 Å². The number of rotatable bonds is 6. The van der Waals surface area contributed by atoms with E-state index in [0.717, 1.165) is 61.4 Å². The fraction of sp³-hybridized carbons (Fsp3) is 0.0741. The van der Waals surface area contributed by atoms with Crippen LogP contribution in [0.3, 0.4) is 0 Å². The number of fused-ring (bicyclic) bond motifs is 6. The van der Waals surface area contributed by atoms with Crippen LogP contribution in [0.15, 0.2) is 170 Å². The summed E-state index contributed by atoms with van der Waals surface area (Å²) in [5, 5.41) is 4.92. The van der Waals surface area contributed by atoms with Gasteiger partial charge in [0.1, 0.15) is 0 Å². The van der Waals surface area contributed by atoms with Crippen molar-refractivity contribution in [3.63, 3.8) is 0 Å². The first-order valence-electron chi connectivity index (χ1n) is 20.4. The second-order valence-corrected chi connectivity index (χ2v) is 15.9. The van der Waals surface area contributed by atoms with Crippen LogP contribution in [0.1, 0.15) is 22.3 Å². The molecular weight excluding hydrogens is 733 g/mol. The number of nitrogens with zero attached hydrogens (tertiary/aromatic N) is 6. The van der Waals surface area contributed by atoms with E-state index in [4.69, 9.17) is 19.9 Å². The second kappa shape index (κ2) is 14.0. The molecule has 4 aromatic heterocycles. The van der Waals surface area contributed by atoms with Crippen molar-refractivity contribution < 1.29 is 0 Å². The van der Waals surface area contributed by atoms with E-state index in [1.807, 2.05) is 66.9 Å². The third-order valence-electron chi connectivity index (χ3n) is 11.6. The lowest BCUT2D eigenvalue weighted by Crippen LogP contribution is -2.03. The SMILES string of the molecule is Cc1ccc2c(c1)c1cc(C)ccc1n2-c1ccnc(-c2cc(-c3nc(-c4ccccc4)nc(-c4ccccc4)n3)ccc2-n2c3ccc(C)cc3c3cc(C)ccc32)c1. The van der Waals surface area contributed by atoms with Gasteiger partial charge < -0.3 is 9.13 Å². The van der Waals surface area contributed by atoms with Gasteiger partial charge in [-0.1, -0.05) is 107 Å². The van der Waals surface area contributed by atoms with Crippen molar-refractivity contribution in [2.45, 2.75) is 27.7 Å². The first kappa shape index (κ1) is 35.5. The lowest BCUT2D eigenvalue weighted by molar-refractivity contribution is 1.07. The number of aryl methyl sites for hydroxylation is 4. The molecule has 0 aliphatic rings. The van der Waals surface area contributed by atoms with E-state index in [2.05, 4.69) is 140 Å². The molecule has 0 radical (unpaired) electrons. The molecule has 11 rings (SSSR count). The molecule has 6 nitrogen and oxygen atoms in total. The summed E-state index contributed by atoms with van der Waals surface area (Å²) >= 11 is 0. The van der Waals surface area contributed by atoms with E-state index in [-0.39, 0.29) is 0 Å². The molecule has 0 N–H and O–H groups in total. The standard InChI is InChI=1S/C54H40N6/c1-33-15-20-47-41(27-33)42-28-34(2)16-21-48(42)59(47)40-25-26-55-46(32-40)45-31-39(54-57-52(37-11-7-5-8-12-37)56-53(58-54)38-13-9-6-10-14-38)19-24-51(45)60-49-22-17-35(3)29-43(49)44-30-36(4)18-23-50(44)60/h5-32H,1-4H3. The number of hydrogen-bond donors (Lipinski definition) is 0. The van der Waals surface area contributed by atoms with Crippen LogP contribution in [0.25, 0.3) is 100 Å². The summed E-state index contributed by atoms with van der Waals surface area (Å²) in [7, 11) is 0. The van der Waals surface area contributed by atoms with Gasteiger partial charge in [0.05, 0.1) is 33.4 Å². The number of aromatic nitrogens is 6. The molecule has 7 aromatic carbocycles. The smallest absolute Gasteiger partial charge is 0.164 e. The highest BCUT2D eigenvalue weighted by Gasteiger charge is 2.21. The fourth-order valence-corrected chi connectivity index (χ4v) is 8.76. The van der Waals surface area contributed by atoms with Crippen molar-refractivity contribution >= 4 is 43.6 Å². The van der Waals surface area contributed by atoms with Crippen molar-refractivity contribution in [1.82, 2.24) is 29.1 Å². The Hall–Kier alpha value is -7.70. The van der Waals surface area contributed by atoms with Crippen molar-refractivity contribution in [3.05, 3.63) is 192 Å². The highest BCUT2D eigenvalue weighted by molar-refractivity contribution is 6.11. The fourth-order valence-electron chi connectivity index (χ4n) is 8.76. The Morgan fingerprint density at radius 3 is 1.27 bits per heavy atom. The Morgan fingerprint density at radius 2 is 0.800 bits per heavy atom. The van der Waals surface area contributed by atoms with Crippen LogP contribution in [-0.4, -0.2) is 29.1 Å². The molecule has 0 bridgehead atoms. The maximum absolute atomic E-state index is 5.15. The molecule has 286 valence electrons. The minimum Gasteiger partial charge on any atom is -0.309 e. The Bertz CT molecular complexity index is 3290. The third kappa shape index (κ3) is 5.95. The van der Waals surface area contributed by atoms with Gasteiger partial charge in [-0.3, -0.25) is 4.98 Å². The number of hydrogen-bond acceptors (Lipinski definition) is 4. The molecule has 0 atom stereocenters. The lowest BCUT2D eigenvalue weighted by Gasteiger charge is -2.17. The number of benzene rings is 7. The van der Waals surface area contributed by atoms with Gasteiger partial charge in [0.2, 0.25) is 0 Å². The Labute approximate surface area is 348 Å². The Morgan fingerprint density at radius 1 is 0.367 bits per heavy atom. The second-order valence-electron chi connectivity index (χ2n) is 15.9. The van der Waals surface area contributed by atoms with E-state index >= 15 is 0 Å². The van der Waals surface area contributed by atoms with Crippen molar-refractivity contribution in [2.75, 3.05) is 0 Å². The van der Waals surface area contributed by atoms with Crippen molar-refractivity contribution in [3.8, 4) is 56.8 Å². The van der Waals surface area contributed by atoms with E-state index in [0.29, 0.717) is 17.5 Å². The molecule has 0 amide bonds. The normalized spacial score (nSPS) is 11.7. The predicted octanol–water partition coefficient (Wildman–Crippen LogP) is 13.4. The zero-order chi connectivity index (χ0) is 40.5. The first-order chi connectivity index (χ1) is 29.4. The summed E-state index contributed by atoms with van der Waals surface area (Å²) in [6.45, 7) is 8.64. The van der Waals surface area contributed by atoms with Gasteiger partial charge in [-0.05, 0) is 107 Å². The van der Waals surface area contributed by atoms with Gasteiger partial charge in [-0.15, -0.1) is 0 Å². The molecule has 11 aromatic rings. The van der Waals surface area contributed by atoms with E-state index in [1.54, 1.807) is 0 Å². The van der Waals surface area contributed by atoms with Crippen LogP contribution < -0.4 is 0 Å². The van der Waals surface area contributed by atoms with Gasteiger partial charge in [0.25, 0.3) is 0 Å². The quantitative estimate of drug-likeness (QED) is 0.169. The van der Waals surface area contributed by atoms with Crippen LogP contribution >= 0.6 is 0 Å². The van der Waals surface area contributed by atoms with Crippen LogP contribution in [0, 0.1) is 27.7 Å². The van der Waals surface area contributed by atoms with E-state index in [9.17, 15) is 0 Å². The monoisotopic (exact) mass is 772 g/mol. The minimum atomic E-state index is 0.591. The van der Waals surface area contributed by atoms with E-state index in [1.165, 1.54) is 43.8 Å². The Balaban J connectivity index is 1.19. The average molecular weight is 773 g/mol. The van der Waals surface area contributed by atoms with Gasteiger partial charge in [0.15, 0.2) is 17.5 Å². The molecule has 4 heterocycles. The molecule has 0 aliphatic heterocycles. The maximum atomic E-state index is 5.15. The third-order valence-corrected chi connectivity index (χ3v) is 11.6. The molecule has 0 spiro atoms. The highest BCUT2D eigenvalue weighted by Crippen LogP contribution is 2.40. The molecule has 0 aliphatic carbocycles. The minimum absolute atomic E-state index is 0.591. The summed E-state index contributed by atoms with van der Waals surface area (Å²) in [4.78, 5) is 20.4. The molecule has 0 unspecified atom stereocenters. The van der Waals surface area contributed by atoms with Crippen LogP contribution in [-0.2, 0) is 0 Å². The largest absolute Gasteiger partial charge is 0.309 e. The van der Waals surface area contributed by atoms with Crippen LogP contribution in [0.5, 0.6) is 0 Å². The first-order valence-corrected chi connectivity index (χ1v) is 20.4. The van der Waals surface area contributed by atoms with Gasteiger partial charge in [-0.2, -0.15) is 0 Å². The zero-order valence-corrected chi connectivity index (χ0v) is 33.8. The molecule has 60 heavy (non-hydrogen) atoms.